The SMILES string of the molecule is Cc1nc(-n2cccc2)sc1C(=O)Nc1nc2c(s1)CN(S(C)(=O)=O)CC2. The summed E-state index contributed by atoms with van der Waals surface area (Å²) in [4.78, 5) is 23.0. The smallest absolute Gasteiger partial charge is 0.269 e. The molecule has 1 aliphatic rings. The highest BCUT2D eigenvalue weighted by Crippen LogP contribution is 2.30. The predicted molar refractivity (Wildman–Crippen MR) is 105 cm³/mol. The van der Waals surface area contributed by atoms with Crippen LogP contribution in [0.4, 0.5) is 5.13 Å². The molecule has 0 aliphatic carbocycles. The first kappa shape index (κ1) is 18.3. The van der Waals surface area contributed by atoms with Gasteiger partial charge in [-0.1, -0.05) is 11.3 Å². The zero-order chi connectivity index (χ0) is 19.2. The van der Waals surface area contributed by atoms with Crippen molar-refractivity contribution < 1.29 is 13.2 Å². The van der Waals surface area contributed by atoms with Gasteiger partial charge in [0.15, 0.2) is 10.3 Å². The molecule has 3 aromatic rings. The summed E-state index contributed by atoms with van der Waals surface area (Å²) in [7, 11) is -3.23. The first-order chi connectivity index (χ1) is 12.8. The number of carbonyl (C=O) groups excluding carboxylic acids is 1. The van der Waals surface area contributed by atoms with Crippen molar-refractivity contribution in [3.05, 3.63) is 45.7 Å². The molecule has 1 aliphatic heterocycles. The predicted octanol–water partition coefficient (Wildman–Crippen LogP) is 2.27. The summed E-state index contributed by atoms with van der Waals surface area (Å²) in [6.45, 7) is 2.52. The second-order valence-corrected chi connectivity index (χ2v) is 10.2. The van der Waals surface area contributed by atoms with Crippen molar-refractivity contribution in [1.29, 1.82) is 0 Å². The fourth-order valence-corrected chi connectivity index (χ4v) is 5.64. The Bertz CT molecular complexity index is 1100. The Balaban J connectivity index is 1.52. The third-order valence-corrected chi connectivity index (χ3v) is 7.62. The minimum Gasteiger partial charge on any atom is -0.300 e. The van der Waals surface area contributed by atoms with E-state index in [0.717, 1.165) is 15.7 Å². The van der Waals surface area contributed by atoms with Crippen LogP contribution in [0.1, 0.15) is 25.9 Å². The normalized spacial score (nSPS) is 14.9. The van der Waals surface area contributed by atoms with E-state index in [-0.39, 0.29) is 5.91 Å². The van der Waals surface area contributed by atoms with E-state index in [1.54, 1.807) is 6.92 Å². The van der Waals surface area contributed by atoms with E-state index in [9.17, 15) is 13.2 Å². The zero-order valence-corrected chi connectivity index (χ0v) is 17.1. The van der Waals surface area contributed by atoms with Crippen LogP contribution in [0.2, 0.25) is 0 Å². The Morgan fingerprint density at radius 3 is 2.67 bits per heavy atom. The average Bonchev–Trinajstić information content (AvgIpc) is 3.31. The van der Waals surface area contributed by atoms with Gasteiger partial charge in [-0.3, -0.25) is 10.1 Å². The van der Waals surface area contributed by atoms with Gasteiger partial charge in [0.2, 0.25) is 10.0 Å². The van der Waals surface area contributed by atoms with E-state index >= 15 is 0 Å². The second-order valence-electron chi connectivity index (χ2n) is 6.19. The maximum absolute atomic E-state index is 12.7. The summed E-state index contributed by atoms with van der Waals surface area (Å²) in [5.74, 6) is -0.255. The van der Waals surface area contributed by atoms with Crippen molar-refractivity contribution in [2.45, 2.75) is 19.9 Å². The van der Waals surface area contributed by atoms with E-state index in [0.29, 0.717) is 35.2 Å². The molecule has 0 saturated heterocycles. The molecule has 1 N–H and O–H groups in total. The molecule has 0 aromatic carbocycles. The molecule has 0 saturated carbocycles. The number of aryl methyl sites for hydroxylation is 1. The number of anilines is 1. The summed E-state index contributed by atoms with van der Waals surface area (Å²) in [6, 6.07) is 3.80. The molecule has 0 bridgehead atoms. The Morgan fingerprint density at radius 1 is 1.22 bits per heavy atom. The number of nitrogens with zero attached hydrogens (tertiary/aromatic N) is 4. The van der Waals surface area contributed by atoms with Crippen molar-refractivity contribution in [3.8, 4) is 5.13 Å². The Labute approximate surface area is 164 Å². The van der Waals surface area contributed by atoms with Gasteiger partial charge in [0, 0.05) is 36.8 Å². The third-order valence-electron chi connectivity index (χ3n) is 4.20. The van der Waals surface area contributed by atoms with Gasteiger partial charge in [-0.2, -0.15) is 4.31 Å². The first-order valence-corrected chi connectivity index (χ1v) is 11.7. The molecule has 4 rings (SSSR count). The van der Waals surface area contributed by atoms with E-state index in [2.05, 4.69) is 15.3 Å². The number of sulfonamides is 1. The standard InChI is InChI=1S/C16H17N5O3S3/c1-10-13(26-16(17-10)20-6-3-4-7-20)14(22)19-15-18-11-5-8-21(27(2,23)24)9-12(11)25-15/h3-4,6-7H,5,8-9H2,1-2H3,(H,18,19,22). The molecule has 8 nitrogen and oxygen atoms in total. The summed E-state index contributed by atoms with van der Waals surface area (Å²) >= 11 is 2.63. The molecule has 3 aromatic heterocycles. The topological polar surface area (TPSA) is 97.2 Å². The lowest BCUT2D eigenvalue weighted by Gasteiger charge is -2.23. The minimum atomic E-state index is -3.23. The third kappa shape index (κ3) is 3.68. The molecule has 11 heteroatoms. The van der Waals surface area contributed by atoms with Crippen LogP contribution >= 0.6 is 22.7 Å². The van der Waals surface area contributed by atoms with Crippen molar-refractivity contribution in [3.63, 3.8) is 0 Å². The van der Waals surface area contributed by atoms with Crippen molar-refractivity contribution >= 4 is 43.7 Å². The maximum atomic E-state index is 12.7. The number of nitrogens with one attached hydrogen (secondary N) is 1. The molecule has 27 heavy (non-hydrogen) atoms. The lowest BCUT2D eigenvalue weighted by atomic mass is 10.2. The van der Waals surface area contributed by atoms with Crippen LogP contribution in [0.5, 0.6) is 0 Å². The lowest BCUT2D eigenvalue weighted by Crippen LogP contribution is -2.34. The fourth-order valence-electron chi connectivity index (χ4n) is 2.83. The summed E-state index contributed by atoms with van der Waals surface area (Å²) < 4.78 is 26.8. The molecule has 0 fully saturated rings. The van der Waals surface area contributed by atoms with Crippen molar-refractivity contribution in [2.75, 3.05) is 18.1 Å². The highest BCUT2D eigenvalue weighted by Gasteiger charge is 2.27. The maximum Gasteiger partial charge on any atom is 0.269 e. The number of rotatable bonds is 4. The molecule has 4 heterocycles. The van der Waals surface area contributed by atoms with Crippen LogP contribution in [-0.4, -0.2) is 46.0 Å². The molecule has 0 atom stereocenters. The monoisotopic (exact) mass is 423 g/mol. The minimum absolute atomic E-state index is 0.255. The molecule has 1 amide bonds. The van der Waals surface area contributed by atoms with Crippen LogP contribution in [0.3, 0.4) is 0 Å². The number of hydrogen-bond acceptors (Lipinski definition) is 7. The van der Waals surface area contributed by atoms with Gasteiger partial charge in [-0.05, 0) is 19.1 Å². The number of hydrogen-bond donors (Lipinski definition) is 1. The van der Waals surface area contributed by atoms with Gasteiger partial charge in [0.05, 0.1) is 17.6 Å². The molecule has 142 valence electrons. The van der Waals surface area contributed by atoms with Crippen LogP contribution < -0.4 is 5.32 Å². The van der Waals surface area contributed by atoms with Gasteiger partial charge in [0.1, 0.15) is 4.88 Å². The quantitative estimate of drug-likeness (QED) is 0.694. The Morgan fingerprint density at radius 2 is 1.96 bits per heavy atom. The highest BCUT2D eigenvalue weighted by atomic mass is 32.2. The van der Waals surface area contributed by atoms with E-state index in [4.69, 9.17) is 0 Å². The van der Waals surface area contributed by atoms with Gasteiger partial charge in [-0.15, -0.1) is 11.3 Å². The number of fused-ring (bicyclic) bond motifs is 1. The molecule has 0 radical (unpaired) electrons. The highest BCUT2D eigenvalue weighted by molar-refractivity contribution is 7.88. The Kier molecular flexibility index (Phi) is 4.62. The van der Waals surface area contributed by atoms with E-state index in [1.165, 1.54) is 33.2 Å². The second kappa shape index (κ2) is 6.82. The van der Waals surface area contributed by atoms with E-state index < -0.39 is 10.0 Å². The number of thiazole rings is 2. The van der Waals surface area contributed by atoms with Gasteiger partial charge >= 0.3 is 0 Å². The van der Waals surface area contributed by atoms with Gasteiger partial charge < -0.3 is 4.57 Å². The summed E-state index contributed by atoms with van der Waals surface area (Å²) in [6.07, 6.45) is 5.51. The number of aromatic nitrogens is 3. The number of carbonyl (C=O) groups is 1. The first-order valence-electron chi connectivity index (χ1n) is 8.17. The van der Waals surface area contributed by atoms with Crippen LogP contribution in [0.25, 0.3) is 5.13 Å². The zero-order valence-electron chi connectivity index (χ0n) is 14.7. The number of amides is 1. The van der Waals surface area contributed by atoms with Crippen molar-refractivity contribution in [1.82, 2.24) is 18.8 Å². The van der Waals surface area contributed by atoms with Crippen LogP contribution in [0, 0.1) is 6.92 Å². The summed E-state index contributed by atoms with van der Waals surface area (Å²) in [5, 5.41) is 4.04. The molecular formula is C16H17N5O3S3. The lowest BCUT2D eigenvalue weighted by molar-refractivity contribution is 0.103. The van der Waals surface area contributed by atoms with Crippen LogP contribution in [-0.2, 0) is 23.0 Å². The van der Waals surface area contributed by atoms with E-state index in [1.807, 2.05) is 29.1 Å². The van der Waals surface area contributed by atoms with Crippen LogP contribution in [0.15, 0.2) is 24.5 Å². The molecular weight excluding hydrogens is 406 g/mol. The van der Waals surface area contributed by atoms with Gasteiger partial charge in [0.25, 0.3) is 5.91 Å². The molecule has 0 spiro atoms. The summed E-state index contributed by atoms with van der Waals surface area (Å²) in [5.41, 5.74) is 1.51. The largest absolute Gasteiger partial charge is 0.300 e. The van der Waals surface area contributed by atoms with Gasteiger partial charge in [-0.25, -0.2) is 18.4 Å². The Hall–Kier alpha value is -2.08. The fraction of sp³-hybridized carbons (Fsp3) is 0.312. The average molecular weight is 424 g/mol. The van der Waals surface area contributed by atoms with Crippen molar-refractivity contribution in [2.24, 2.45) is 0 Å². The molecule has 0 unspecified atom stereocenters.